The molecule has 0 atom stereocenters. The topological polar surface area (TPSA) is 68.0 Å². The summed E-state index contributed by atoms with van der Waals surface area (Å²) < 4.78 is 5.61. The van der Waals surface area contributed by atoms with Gasteiger partial charge >= 0.3 is 0 Å². The fraction of sp³-hybridized carbons (Fsp3) is 0.400. The van der Waals surface area contributed by atoms with Gasteiger partial charge in [0.1, 0.15) is 0 Å². The Morgan fingerprint density at radius 3 is 3.00 bits per heavy atom. The van der Waals surface area contributed by atoms with Crippen molar-refractivity contribution >= 4 is 5.91 Å². The highest BCUT2D eigenvalue weighted by Gasteiger charge is 2.29. The van der Waals surface area contributed by atoms with E-state index < -0.39 is 0 Å². The van der Waals surface area contributed by atoms with E-state index >= 15 is 0 Å². The summed E-state index contributed by atoms with van der Waals surface area (Å²) in [5.74, 6) is 1.46. The first-order chi connectivity index (χ1) is 9.72. The lowest BCUT2D eigenvalue weighted by molar-refractivity contribution is -0.122. The van der Waals surface area contributed by atoms with Gasteiger partial charge in [-0.2, -0.15) is 0 Å². The summed E-state index contributed by atoms with van der Waals surface area (Å²) in [5.41, 5.74) is 2.07. The van der Waals surface area contributed by atoms with Gasteiger partial charge in [0.05, 0.1) is 0 Å². The summed E-state index contributed by atoms with van der Waals surface area (Å²) in [5, 5.41) is 10.9. The highest BCUT2D eigenvalue weighted by molar-refractivity contribution is 5.80. The van der Waals surface area contributed by atoms with Crippen LogP contribution in [0.3, 0.4) is 0 Å². The summed E-state index contributed by atoms with van der Waals surface area (Å²) in [4.78, 5) is 11.5. The average molecular weight is 271 g/mol. The van der Waals surface area contributed by atoms with Gasteiger partial charge in [0.2, 0.25) is 17.7 Å². The highest BCUT2D eigenvalue weighted by Crippen LogP contribution is 2.28. The summed E-state index contributed by atoms with van der Waals surface area (Å²) in [6.07, 6.45) is 2.60. The van der Waals surface area contributed by atoms with Gasteiger partial charge in [0.15, 0.2) is 0 Å². The molecule has 0 aliphatic heterocycles. The normalized spacial score (nSPS) is 14.2. The maximum atomic E-state index is 11.5. The van der Waals surface area contributed by atoms with Gasteiger partial charge in [0.25, 0.3) is 0 Å². The Morgan fingerprint density at radius 1 is 1.40 bits per heavy atom. The van der Waals surface area contributed by atoms with E-state index in [2.05, 4.69) is 15.5 Å². The first-order valence-corrected chi connectivity index (χ1v) is 6.89. The molecule has 1 aliphatic rings. The lowest BCUT2D eigenvalue weighted by Crippen LogP contribution is -2.26. The van der Waals surface area contributed by atoms with Crippen LogP contribution in [0.1, 0.15) is 24.3 Å². The summed E-state index contributed by atoms with van der Waals surface area (Å²) in [6, 6.07) is 7.93. The van der Waals surface area contributed by atoms with E-state index in [-0.39, 0.29) is 11.8 Å². The number of aromatic nitrogens is 2. The van der Waals surface area contributed by atoms with Crippen molar-refractivity contribution in [2.45, 2.75) is 26.2 Å². The number of aryl methyl sites for hydroxylation is 1. The standard InChI is InChI=1S/C15H17N3O2/c1-10-3-2-4-12(9-10)15-18-17-13(20-15)7-8-16-14(19)11-5-6-11/h2-4,9,11H,5-8H2,1H3,(H,16,19). The van der Waals surface area contributed by atoms with Gasteiger partial charge in [0, 0.05) is 24.4 Å². The number of nitrogens with one attached hydrogen (secondary N) is 1. The third-order valence-corrected chi connectivity index (χ3v) is 3.32. The number of hydrogen-bond donors (Lipinski definition) is 1. The molecule has 1 N–H and O–H groups in total. The molecule has 1 aromatic carbocycles. The fourth-order valence-corrected chi connectivity index (χ4v) is 2.03. The number of nitrogens with zero attached hydrogens (tertiary/aromatic N) is 2. The number of carbonyl (C=O) groups excluding carboxylic acids is 1. The molecule has 0 radical (unpaired) electrons. The second kappa shape index (κ2) is 5.45. The molecule has 104 valence electrons. The zero-order chi connectivity index (χ0) is 13.9. The van der Waals surface area contributed by atoms with E-state index in [1.54, 1.807) is 0 Å². The van der Waals surface area contributed by atoms with Gasteiger partial charge < -0.3 is 9.73 Å². The quantitative estimate of drug-likeness (QED) is 0.904. The molecule has 5 nitrogen and oxygen atoms in total. The summed E-state index contributed by atoms with van der Waals surface area (Å²) in [6.45, 7) is 2.57. The molecular formula is C15H17N3O2. The van der Waals surface area contributed by atoms with Crippen LogP contribution < -0.4 is 5.32 Å². The predicted molar refractivity (Wildman–Crippen MR) is 73.9 cm³/mol. The molecule has 1 saturated carbocycles. The van der Waals surface area contributed by atoms with E-state index in [4.69, 9.17) is 4.42 Å². The Bertz CT molecular complexity index is 617. The molecule has 0 spiro atoms. The van der Waals surface area contributed by atoms with E-state index in [9.17, 15) is 4.79 Å². The van der Waals surface area contributed by atoms with Crippen LogP contribution in [0.4, 0.5) is 0 Å². The first kappa shape index (κ1) is 12.8. The number of carbonyl (C=O) groups is 1. The molecular weight excluding hydrogens is 254 g/mol. The van der Waals surface area contributed by atoms with Gasteiger partial charge in [-0.3, -0.25) is 4.79 Å². The molecule has 3 rings (SSSR count). The zero-order valence-electron chi connectivity index (χ0n) is 11.4. The second-order valence-corrected chi connectivity index (χ2v) is 5.19. The number of rotatable bonds is 5. The Labute approximate surface area is 117 Å². The SMILES string of the molecule is Cc1cccc(-c2nnc(CCNC(=O)C3CC3)o2)c1. The van der Waals surface area contributed by atoms with Gasteiger partial charge in [-0.25, -0.2) is 0 Å². The van der Waals surface area contributed by atoms with Crippen LogP contribution in [0.25, 0.3) is 11.5 Å². The third kappa shape index (κ3) is 3.04. The molecule has 0 unspecified atom stereocenters. The Balaban J connectivity index is 1.57. The minimum Gasteiger partial charge on any atom is -0.421 e. The van der Waals surface area contributed by atoms with Crippen LogP contribution in [-0.4, -0.2) is 22.6 Å². The number of hydrogen-bond acceptors (Lipinski definition) is 4. The van der Waals surface area contributed by atoms with Gasteiger partial charge in [-0.1, -0.05) is 17.7 Å². The summed E-state index contributed by atoms with van der Waals surface area (Å²) in [7, 11) is 0. The minimum absolute atomic E-state index is 0.142. The molecule has 1 fully saturated rings. The van der Waals surface area contributed by atoms with Crippen LogP contribution in [0, 0.1) is 12.8 Å². The van der Waals surface area contributed by atoms with Crippen molar-refractivity contribution in [2.24, 2.45) is 5.92 Å². The van der Waals surface area contributed by atoms with Crippen molar-refractivity contribution in [3.63, 3.8) is 0 Å². The fourth-order valence-electron chi connectivity index (χ4n) is 2.03. The minimum atomic E-state index is 0.142. The lowest BCUT2D eigenvalue weighted by atomic mass is 10.1. The van der Waals surface area contributed by atoms with E-state index in [0.717, 1.165) is 24.0 Å². The molecule has 5 heteroatoms. The predicted octanol–water partition coefficient (Wildman–Crippen LogP) is 2.11. The molecule has 2 aromatic rings. The molecule has 20 heavy (non-hydrogen) atoms. The van der Waals surface area contributed by atoms with Crippen LogP contribution in [0.5, 0.6) is 0 Å². The van der Waals surface area contributed by atoms with Crippen molar-refractivity contribution < 1.29 is 9.21 Å². The molecule has 0 bridgehead atoms. The third-order valence-electron chi connectivity index (χ3n) is 3.32. The second-order valence-electron chi connectivity index (χ2n) is 5.19. The number of amides is 1. The van der Waals surface area contributed by atoms with Crippen LogP contribution in [0.15, 0.2) is 28.7 Å². The van der Waals surface area contributed by atoms with E-state index in [0.29, 0.717) is 24.7 Å². The highest BCUT2D eigenvalue weighted by atomic mass is 16.4. The van der Waals surface area contributed by atoms with Gasteiger partial charge in [-0.05, 0) is 31.9 Å². The summed E-state index contributed by atoms with van der Waals surface area (Å²) >= 11 is 0. The number of benzene rings is 1. The van der Waals surface area contributed by atoms with Crippen LogP contribution in [-0.2, 0) is 11.2 Å². The largest absolute Gasteiger partial charge is 0.421 e. The first-order valence-electron chi connectivity index (χ1n) is 6.89. The van der Waals surface area contributed by atoms with Crippen molar-refractivity contribution in [3.8, 4) is 11.5 Å². The maximum Gasteiger partial charge on any atom is 0.247 e. The molecule has 0 saturated heterocycles. The Hall–Kier alpha value is -2.17. The van der Waals surface area contributed by atoms with Crippen LogP contribution in [0.2, 0.25) is 0 Å². The van der Waals surface area contributed by atoms with Crippen molar-refractivity contribution in [1.29, 1.82) is 0 Å². The van der Waals surface area contributed by atoms with Crippen molar-refractivity contribution in [2.75, 3.05) is 6.54 Å². The van der Waals surface area contributed by atoms with E-state index in [1.807, 2.05) is 31.2 Å². The molecule has 1 aliphatic carbocycles. The molecule has 1 heterocycles. The smallest absolute Gasteiger partial charge is 0.247 e. The maximum absolute atomic E-state index is 11.5. The molecule has 1 amide bonds. The monoisotopic (exact) mass is 271 g/mol. The Kier molecular flexibility index (Phi) is 3.50. The molecule has 1 aromatic heterocycles. The Morgan fingerprint density at radius 2 is 2.25 bits per heavy atom. The average Bonchev–Trinajstić information content (AvgIpc) is 3.19. The zero-order valence-corrected chi connectivity index (χ0v) is 11.4. The van der Waals surface area contributed by atoms with Crippen molar-refractivity contribution in [3.05, 3.63) is 35.7 Å². The van der Waals surface area contributed by atoms with Gasteiger partial charge in [-0.15, -0.1) is 10.2 Å². The van der Waals surface area contributed by atoms with Crippen LogP contribution >= 0.6 is 0 Å². The van der Waals surface area contributed by atoms with E-state index in [1.165, 1.54) is 0 Å². The van der Waals surface area contributed by atoms with Crippen molar-refractivity contribution in [1.82, 2.24) is 15.5 Å². The lowest BCUT2D eigenvalue weighted by Gasteiger charge is -2.00.